The average Bonchev–Trinajstić information content (AvgIpc) is 2.93. The van der Waals surface area contributed by atoms with E-state index in [-0.39, 0.29) is 24.6 Å². The molecular formula is C31H31F6N3O5. The van der Waals surface area contributed by atoms with Crippen molar-refractivity contribution in [3.05, 3.63) is 101 Å². The first kappa shape index (κ1) is 34.7. The number of benzene rings is 3. The van der Waals surface area contributed by atoms with Gasteiger partial charge in [-0.3, -0.25) is 10.1 Å². The number of carbonyl (C=O) groups is 3. The maximum atomic E-state index is 13.2. The zero-order valence-electron chi connectivity index (χ0n) is 24.4. The minimum Gasteiger partial charge on any atom is -0.447 e. The van der Waals surface area contributed by atoms with Gasteiger partial charge in [-0.25, -0.2) is 9.59 Å². The zero-order valence-corrected chi connectivity index (χ0v) is 24.4. The van der Waals surface area contributed by atoms with E-state index >= 15 is 0 Å². The lowest BCUT2D eigenvalue weighted by Gasteiger charge is -2.20. The molecule has 3 rings (SSSR count). The number of halogens is 6. The molecule has 3 amide bonds. The van der Waals surface area contributed by atoms with E-state index in [4.69, 9.17) is 9.47 Å². The van der Waals surface area contributed by atoms with E-state index in [1.807, 2.05) is 5.32 Å². The first-order chi connectivity index (χ1) is 20.9. The van der Waals surface area contributed by atoms with Crippen LogP contribution in [0.4, 0.5) is 41.6 Å². The Morgan fingerprint density at radius 2 is 1.33 bits per heavy atom. The van der Waals surface area contributed by atoms with Crippen LogP contribution in [0.25, 0.3) is 0 Å². The number of rotatable bonds is 9. The van der Waals surface area contributed by atoms with Crippen LogP contribution in [0.3, 0.4) is 0 Å². The number of nitrogens with one attached hydrogen (secondary N) is 3. The second kappa shape index (κ2) is 14.4. The lowest BCUT2D eigenvalue weighted by molar-refractivity contribution is -0.143. The summed E-state index contributed by atoms with van der Waals surface area (Å²) in [6.45, 7) is 4.87. The van der Waals surface area contributed by atoms with Crippen molar-refractivity contribution in [2.45, 2.75) is 57.7 Å². The summed E-state index contributed by atoms with van der Waals surface area (Å²) in [7, 11) is 0. The Morgan fingerprint density at radius 1 is 0.756 bits per heavy atom. The highest BCUT2D eigenvalue weighted by Crippen LogP contribution is 2.37. The molecule has 0 aliphatic rings. The third-order valence-electron chi connectivity index (χ3n) is 5.96. The van der Waals surface area contributed by atoms with Crippen LogP contribution in [0.1, 0.15) is 53.4 Å². The average molecular weight is 640 g/mol. The molecule has 0 aliphatic carbocycles. The summed E-state index contributed by atoms with van der Waals surface area (Å²) in [6.07, 6.45) is -11.9. The van der Waals surface area contributed by atoms with Gasteiger partial charge in [-0.2, -0.15) is 26.3 Å². The Labute approximate surface area is 255 Å². The molecule has 0 spiro atoms. The highest BCUT2D eigenvalue weighted by molar-refractivity contribution is 5.94. The number of alkyl carbamates (subject to hydrolysis) is 1. The number of alkyl halides is 6. The largest absolute Gasteiger partial charge is 0.447 e. The van der Waals surface area contributed by atoms with Gasteiger partial charge in [0.25, 0.3) is 5.91 Å². The van der Waals surface area contributed by atoms with Crippen LogP contribution in [0.5, 0.6) is 0 Å². The molecule has 0 heterocycles. The van der Waals surface area contributed by atoms with Crippen LogP contribution in [0, 0.1) is 0 Å². The van der Waals surface area contributed by atoms with Crippen molar-refractivity contribution in [1.29, 1.82) is 0 Å². The van der Waals surface area contributed by atoms with Gasteiger partial charge in [-0.05, 0) is 68.7 Å². The van der Waals surface area contributed by atoms with Gasteiger partial charge in [0.05, 0.1) is 17.2 Å². The Balaban J connectivity index is 1.67. The van der Waals surface area contributed by atoms with Crippen molar-refractivity contribution in [1.82, 2.24) is 10.6 Å². The third-order valence-corrected chi connectivity index (χ3v) is 5.96. The summed E-state index contributed by atoms with van der Waals surface area (Å²) < 4.78 is 89.3. The molecule has 0 aliphatic heterocycles. The van der Waals surface area contributed by atoms with E-state index in [0.717, 1.165) is 5.56 Å². The molecule has 3 aromatic carbocycles. The summed E-state index contributed by atoms with van der Waals surface area (Å²) in [4.78, 5) is 37.3. The monoisotopic (exact) mass is 639 g/mol. The quantitative estimate of drug-likeness (QED) is 0.213. The topological polar surface area (TPSA) is 106 Å². The molecule has 0 saturated carbocycles. The van der Waals surface area contributed by atoms with Gasteiger partial charge in [0.2, 0.25) is 0 Å². The predicted octanol–water partition coefficient (Wildman–Crippen LogP) is 7.34. The van der Waals surface area contributed by atoms with Crippen LogP contribution >= 0.6 is 0 Å². The van der Waals surface area contributed by atoms with Crippen LogP contribution in [-0.4, -0.2) is 36.3 Å². The first-order valence-corrected chi connectivity index (χ1v) is 13.5. The second-order valence-corrected chi connectivity index (χ2v) is 10.9. The van der Waals surface area contributed by atoms with Crippen molar-refractivity contribution in [3.8, 4) is 0 Å². The van der Waals surface area contributed by atoms with Crippen molar-refractivity contribution in [2.24, 2.45) is 0 Å². The Hall–Kier alpha value is -4.75. The SMILES string of the molecule is CC(C)(C)OC(=O)NCc1ccc(C(=O)NC(COC(=O)Nc2cc(C(F)(F)F)cc(C(F)(F)F)c2)Cc2ccccc2)cc1. The molecule has 8 nitrogen and oxygen atoms in total. The van der Waals surface area contributed by atoms with Gasteiger partial charge in [-0.15, -0.1) is 0 Å². The highest BCUT2D eigenvalue weighted by atomic mass is 19.4. The summed E-state index contributed by atoms with van der Waals surface area (Å²) in [5.74, 6) is -0.542. The molecule has 14 heteroatoms. The smallest absolute Gasteiger partial charge is 0.416 e. The number of hydrogen-bond acceptors (Lipinski definition) is 5. The number of anilines is 1. The Bertz CT molecular complexity index is 1440. The van der Waals surface area contributed by atoms with E-state index in [0.29, 0.717) is 17.7 Å². The minimum atomic E-state index is -5.10. The summed E-state index contributed by atoms with van der Waals surface area (Å²) in [5, 5.41) is 7.22. The maximum Gasteiger partial charge on any atom is 0.416 e. The Kier molecular flexibility index (Phi) is 11.1. The molecule has 1 atom stereocenters. The molecule has 0 saturated heterocycles. The van der Waals surface area contributed by atoms with Gasteiger partial charge >= 0.3 is 24.5 Å². The summed E-state index contributed by atoms with van der Waals surface area (Å²) in [6, 6.07) is 14.9. The van der Waals surface area contributed by atoms with Gasteiger partial charge in [-0.1, -0.05) is 42.5 Å². The van der Waals surface area contributed by atoms with Crippen molar-refractivity contribution < 1.29 is 50.2 Å². The zero-order chi connectivity index (χ0) is 33.4. The molecular weight excluding hydrogens is 608 g/mol. The van der Waals surface area contributed by atoms with Crippen LogP contribution < -0.4 is 16.0 Å². The number of hydrogen-bond donors (Lipinski definition) is 3. The fourth-order valence-corrected chi connectivity index (χ4v) is 3.94. The molecule has 45 heavy (non-hydrogen) atoms. The normalized spacial score (nSPS) is 12.6. The summed E-state index contributed by atoms with van der Waals surface area (Å²) in [5.41, 5.74) is -2.97. The van der Waals surface area contributed by atoms with Crippen molar-refractivity contribution in [3.63, 3.8) is 0 Å². The van der Waals surface area contributed by atoms with E-state index in [2.05, 4.69) is 10.6 Å². The molecule has 0 radical (unpaired) electrons. The predicted molar refractivity (Wildman–Crippen MR) is 152 cm³/mol. The molecule has 0 fully saturated rings. The van der Waals surface area contributed by atoms with Gasteiger partial charge in [0.1, 0.15) is 12.2 Å². The van der Waals surface area contributed by atoms with Gasteiger partial charge in [0.15, 0.2) is 0 Å². The second-order valence-electron chi connectivity index (χ2n) is 10.9. The molecule has 0 aromatic heterocycles. The van der Waals surface area contributed by atoms with Crippen molar-refractivity contribution >= 4 is 23.8 Å². The van der Waals surface area contributed by atoms with Crippen molar-refractivity contribution in [2.75, 3.05) is 11.9 Å². The van der Waals surface area contributed by atoms with E-state index in [9.17, 15) is 40.7 Å². The fraction of sp³-hybridized carbons (Fsp3) is 0.323. The van der Waals surface area contributed by atoms with Crippen LogP contribution in [-0.2, 0) is 34.8 Å². The first-order valence-electron chi connectivity index (χ1n) is 13.5. The molecule has 242 valence electrons. The lowest BCUT2D eigenvalue weighted by Crippen LogP contribution is -2.40. The standard InChI is InChI=1S/C31H31F6N3O5/c1-29(2,3)45-27(42)38-17-20-9-11-21(12-10-20)26(41)39-25(13-19-7-5-4-6-8-19)18-44-28(43)40-24-15-22(30(32,33)34)14-23(16-24)31(35,36)37/h4-12,14-16,25H,13,17-18H2,1-3H3,(H,38,42)(H,39,41)(H,40,43). The highest BCUT2D eigenvalue weighted by Gasteiger charge is 2.37. The van der Waals surface area contributed by atoms with Gasteiger partial charge < -0.3 is 20.1 Å². The minimum absolute atomic E-state index is 0.0635. The van der Waals surface area contributed by atoms with Crippen LogP contribution in [0.15, 0.2) is 72.8 Å². The van der Waals surface area contributed by atoms with E-state index < -0.39 is 65.5 Å². The third kappa shape index (κ3) is 11.7. The lowest BCUT2D eigenvalue weighted by atomic mass is 10.1. The number of amides is 3. The molecule has 1 unspecified atom stereocenters. The van der Waals surface area contributed by atoms with E-state index in [1.165, 1.54) is 12.1 Å². The fourth-order valence-electron chi connectivity index (χ4n) is 3.94. The maximum absolute atomic E-state index is 13.2. The van der Waals surface area contributed by atoms with E-state index in [1.54, 1.807) is 63.2 Å². The summed E-state index contributed by atoms with van der Waals surface area (Å²) >= 11 is 0. The molecule has 3 aromatic rings. The Morgan fingerprint density at radius 3 is 1.87 bits per heavy atom. The number of carbonyl (C=O) groups excluding carboxylic acids is 3. The molecule has 0 bridgehead atoms. The number of ether oxygens (including phenoxy) is 2. The van der Waals surface area contributed by atoms with Crippen LogP contribution in [0.2, 0.25) is 0 Å². The van der Waals surface area contributed by atoms with Gasteiger partial charge in [0, 0.05) is 17.8 Å². The molecule has 3 N–H and O–H groups in total.